The second kappa shape index (κ2) is 7.36. The summed E-state index contributed by atoms with van der Waals surface area (Å²) < 4.78 is 0. The molecule has 0 N–H and O–H groups in total. The number of carbonyl (C=O) groups excluding carboxylic acids is 2. The highest BCUT2D eigenvalue weighted by atomic mass is 35.5. The minimum Gasteiger partial charge on any atom is -0.325 e. The summed E-state index contributed by atoms with van der Waals surface area (Å²) >= 11 is 6.16. The first-order valence-corrected chi connectivity index (χ1v) is 8.80. The lowest BCUT2D eigenvalue weighted by Gasteiger charge is -2.39. The third-order valence-corrected chi connectivity index (χ3v) is 5.12. The van der Waals surface area contributed by atoms with Crippen LogP contribution in [0, 0.1) is 17.0 Å². The van der Waals surface area contributed by atoms with Crippen LogP contribution >= 0.6 is 11.6 Å². The van der Waals surface area contributed by atoms with E-state index in [1.54, 1.807) is 17.9 Å². The minimum absolute atomic E-state index is 0.0863. The first-order chi connectivity index (χ1) is 12.8. The highest BCUT2D eigenvalue weighted by Gasteiger charge is 2.35. The van der Waals surface area contributed by atoms with Crippen LogP contribution in [0.15, 0.2) is 42.5 Å². The number of rotatable bonds is 3. The van der Waals surface area contributed by atoms with E-state index in [9.17, 15) is 19.7 Å². The quantitative estimate of drug-likeness (QED) is 0.596. The Morgan fingerprint density at radius 2 is 1.85 bits per heavy atom. The van der Waals surface area contributed by atoms with Gasteiger partial charge in [0, 0.05) is 41.5 Å². The molecule has 0 radical (unpaired) electrons. The third kappa shape index (κ3) is 3.64. The highest BCUT2D eigenvalue weighted by Crippen LogP contribution is 2.26. The number of non-ortho nitro benzene ring substituents is 1. The molecule has 1 saturated heterocycles. The summed E-state index contributed by atoms with van der Waals surface area (Å²) in [6.45, 7) is 4.26. The molecule has 0 aromatic heterocycles. The first-order valence-electron chi connectivity index (χ1n) is 8.42. The molecule has 7 nitrogen and oxygen atoms in total. The summed E-state index contributed by atoms with van der Waals surface area (Å²) in [7, 11) is 0. The van der Waals surface area contributed by atoms with E-state index in [4.69, 9.17) is 11.6 Å². The number of amides is 2. The molecule has 3 rings (SSSR count). The maximum Gasteiger partial charge on any atom is 0.269 e. The number of nitro groups is 1. The van der Waals surface area contributed by atoms with Gasteiger partial charge in [-0.05, 0) is 43.7 Å². The summed E-state index contributed by atoms with van der Waals surface area (Å²) in [5.74, 6) is -0.524. The van der Waals surface area contributed by atoms with E-state index in [0.717, 1.165) is 5.56 Å². The Bertz CT molecular complexity index is 914. The number of hydrogen-bond acceptors (Lipinski definition) is 4. The fourth-order valence-corrected chi connectivity index (χ4v) is 3.22. The van der Waals surface area contributed by atoms with Crippen LogP contribution in [0.4, 0.5) is 11.4 Å². The summed E-state index contributed by atoms with van der Waals surface area (Å²) in [6, 6.07) is 10.2. The van der Waals surface area contributed by atoms with Gasteiger partial charge in [-0.15, -0.1) is 0 Å². The van der Waals surface area contributed by atoms with Gasteiger partial charge in [-0.25, -0.2) is 0 Å². The fourth-order valence-electron chi connectivity index (χ4n) is 3.05. The van der Waals surface area contributed by atoms with Crippen molar-refractivity contribution in [2.75, 3.05) is 18.0 Å². The molecule has 2 aromatic carbocycles. The predicted molar refractivity (Wildman–Crippen MR) is 102 cm³/mol. The van der Waals surface area contributed by atoms with E-state index >= 15 is 0 Å². The second-order valence-corrected chi connectivity index (χ2v) is 6.81. The molecule has 0 saturated carbocycles. The Hall–Kier alpha value is -2.93. The van der Waals surface area contributed by atoms with Gasteiger partial charge in [-0.3, -0.25) is 19.7 Å². The van der Waals surface area contributed by atoms with Crippen molar-refractivity contribution in [3.63, 3.8) is 0 Å². The largest absolute Gasteiger partial charge is 0.325 e. The molecule has 2 amide bonds. The lowest BCUT2D eigenvalue weighted by atomic mass is 10.1. The van der Waals surface area contributed by atoms with E-state index in [2.05, 4.69) is 0 Å². The molecular weight excluding hydrogens is 370 g/mol. The normalized spacial score (nSPS) is 17.1. The Morgan fingerprint density at radius 3 is 2.44 bits per heavy atom. The van der Waals surface area contributed by atoms with Crippen LogP contribution in [-0.4, -0.2) is 40.8 Å². The molecule has 1 fully saturated rings. The maximum atomic E-state index is 12.8. The van der Waals surface area contributed by atoms with Gasteiger partial charge >= 0.3 is 0 Å². The van der Waals surface area contributed by atoms with Gasteiger partial charge in [-0.1, -0.05) is 17.7 Å². The molecular formula is C19H18ClN3O4. The van der Waals surface area contributed by atoms with Crippen molar-refractivity contribution in [3.8, 4) is 0 Å². The van der Waals surface area contributed by atoms with Crippen molar-refractivity contribution in [1.29, 1.82) is 0 Å². The van der Waals surface area contributed by atoms with Crippen molar-refractivity contribution in [3.05, 3.63) is 68.7 Å². The maximum absolute atomic E-state index is 12.8. The van der Waals surface area contributed by atoms with Crippen LogP contribution in [0.5, 0.6) is 0 Å². The van der Waals surface area contributed by atoms with E-state index in [1.165, 1.54) is 29.2 Å². The number of carbonyl (C=O) groups is 2. The van der Waals surface area contributed by atoms with Gasteiger partial charge in [0.1, 0.15) is 6.04 Å². The second-order valence-electron chi connectivity index (χ2n) is 6.40. The van der Waals surface area contributed by atoms with Gasteiger partial charge in [0.05, 0.1) is 4.92 Å². The van der Waals surface area contributed by atoms with Crippen LogP contribution in [0.1, 0.15) is 22.8 Å². The van der Waals surface area contributed by atoms with Crippen LogP contribution in [-0.2, 0) is 4.79 Å². The van der Waals surface area contributed by atoms with Crippen molar-refractivity contribution >= 4 is 34.8 Å². The SMILES string of the molecule is Cc1ccc(N2CCN(C(=O)c3ccc([N+](=O)[O-])cc3)[C@H](C)C2=O)cc1Cl. The summed E-state index contributed by atoms with van der Waals surface area (Å²) in [5.41, 5.74) is 1.85. The number of aryl methyl sites for hydroxylation is 1. The van der Waals surface area contributed by atoms with Crippen LogP contribution in [0.2, 0.25) is 5.02 Å². The number of nitro benzene ring substituents is 1. The predicted octanol–water partition coefficient (Wildman–Crippen LogP) is 3.43. The fraction of sp³-hybridized carbons (Fsp3) is 0.263. The number of hydrogen-bond donors (Lipinski definition) is 0. The summed E-state index contributed by atoms with van der Waals surface area (Å²) in [5, 5.41) is 11.3. The van der Waals surface area contributed by atoms with E-state index < -0.39 is 11.0 Å². The van der Waals surface area contributed by atoms with Crippen LogP contribution < -0.4 is 4.90 Å². The number of piperazine rings is 1. The van der Waals surface area contributed by atoms with Gasteiger partial charge in [0.25, 0.3) is 11.6 Å². The van der Waals surface area contributed by atoms with E-state index in [-0.39, 0.29) is 17.5 Å². The lowest BCUT2D eigenvalue weighted by molar-refractivity contribution is -0.384. The number of benzene rings is 2. The molecule has 0 spiro atoms. The molecule has 1 aliphatic heterocycles. The lowest BCUT2D eigenvalue weighted by Crippen LogP contribution is -2.57. The van der Waals surface area contributed by atoms with Crippen molar-refractivity contribution in [2.45, 2.75) is 19.9 Å². The van der Waals surface area contributed by atoms with Crippen molar-refractivity contribution in [1.82, 2.24) is 4.90 Å². The monoisotopic (exact) mass is 387 g/mol. The topological polar surface area (TPSA) is 83.8 Å². The zero-order valence-electron chi connectivity index (χ0n) is 14.9. The van der Waals surface area contributed by atoms with Crippen molar-refractivity contribution < 1.29 is 14.5 Å². The Labute approximate surface area is 161 Å². The first kappa shape index (κ1) is 18.8. The molecule has 1 heterocycles. The number of halogens is 1. The molecule has 0 aliphatic carbocycles. The van der Waals surface area contributed by atoms with Crippen LogP contribution in [0.25, 0.3) is 0 Å². The molecule has 2 aromatic rings. The Kier molecular flexibility index (Phi) is 5.14. The zero-order valence-corrected chi connectivity index (χ0v) is 15.6. The highest BCUT2D eigenvalue weighted by molar-refractivity contribution is 6.31. The average molecular weight is 388 g/mol. The number of anilines is 1. The van der Waals surface area contributed by atoms with Crippen LogP contribution in [0.3, 0.4) is 0 Å². The summed E-state index contributed by atoms with van der Waals surface area (Å²) in [6.07, 6.45) is 0. The molecule has 0 unspecified atom stereocenters. The van der Waals surface area contributed by atoms with Gasteiger partial charge in [0.2, 0.25) is 5.91 Å². The smallest absolute Gasteiger partial charge is 0.269 e. The van der Waals surface area contributed by atoms with Gasteiger partial charge in [-0.2, -0.15) is 0 Å². The Morgan fingerprint density at radius 1 is 1.19 bits per heavy atom. The molecule has 1 atom stereocenters. The average Bonchev–Trinajstić information content (AvgIpc) is 2.66. The minimum atomic E-state index is -0.651. The standard InChI is InChI=1S/C19H18ClN3O4/c1-12-3-6-16(11-17(12)20)22-10-9-21(13(2)18(22)24)19(25)14-4-7-15(8-5-14)23(26)27/h3-8,11,13H,9-10H2,1-2H3/t13-/m1/s1. The van der Waals surface area contributed by atoms with Gasteiger partial charge in [0.15, 0.2) is 0 Å². The Balaban J connectivity index is 1.78. The summed E-state index contributed by atoms with van der Waals surface area (Å²) in [4.78, 5) is 38.9. The van der Waals surface area contributed by atoms with Crippen molar-refractivity contribution in [2.24, 2.45) is 0 Å². The van der Waals surface area contributed by atoms with Gasteiger partial charge < -0.3 is 9.80 Å². The third-order valence-electron chi connectivity index (χ3n) is 4.71. The van der Waals surface area contributed by atoms with E-state index in [1.807, 2.05) is 19.1 Å². The zero-order chi connectivity index (χ0) is 19.7. The molecule has 0 bridgehead atoms. The molecule has 140 valence electrons. The molecule has 8 heteroatoms. The van der Waals surface area contributed by atoms with E-state index in [0.29, 0.717) is 29.4 Å². The molecule has 1 aliphatic rings. The molecule has 27 heavy (non-hydrogen) atoms. The number of nitrogens with zero attached hydrogens (tertiary/aromatic N) is 3.